The lowest BCUT2D eigenvalue weighted by Gasteiger charge is -2.32. The molecule has 2 aromatic rings. The minimum atomic E-state index is -0.172. The SMILES string of the molecule is CC(Sc1nncn1C)C(=O)N1CCCCCC1c1cccn1C. The molecule has 2 unspecified atom stereocenters. The molecule has 1 saturated heterocycles. The molecule has 0 bridgehead atoms. The van der Waals surface area contributed by atoms with E-state index in [1.54, 1.807) is 6.33 Å². The summed E-state index contributed by atoms with van der Waals surface area (Å²) in [4.78, 5) is 15.2. The third-order valence-electron chi connectivity index (χ3n) is 4.66. The lowest BCUT2D eigenvalue weighted by molar-refractivity contribution is -0.132. The van der Waals surface area contributed by atoms with E-state index in [0.29, 0.717) is 0 Å². The van der Waals surface area contributed by atoms with Crippen LogP contribution in [0.5, 0.6) is 0 Å². The van der Waals surface area contributed by atoms with Gasteiger partial charge in [-0.1, -0.05) is 24.6 Å². The fraction of sp³-hybridized carbons (Fsp3) is 0.588. The molecule has 2 aromatic heterocycles. The van der Waals surface area contributed by atoms with Gasteiger partial charge in [-0.05, 0) is 31.9 Å². The maximum absolute atomic E-state index is 13.1. The van der Waals surface area contributed by atoms with Crippen molar-refractivity contribution in [2.75, 3.05) is 6.54 Å². The second-order valence-corrected chi connectivity index (χ2v) is 7.73. The highest BCUT2D eigenvalue weighted by Crippen LogP contribution is 2.32. The van der Waals surface area contributed by atoms with Gasteiger partial charge in [0.05, 0.1) is 11.3 Å². The normalized spacial score (nSPS) is 20.0. The van der Waals surface area contributed by atoms with E-state index < -0.39 is 0 Å². The molecule has 0 aromatic carbocycles. The molecule has 0 radical (unpaired) electrons. The van der Waals surface area contributed by atoms with E-state index in [0.717, 1.165) is 24.5 Å². The summed E-state index contributed by atoms with van der Waals surface area (Å²) < 4.78 is 3.99. The van der Waals surface area contributed by atoms with Crippen molar-refractivity contribution in [3.05, 3.63) is 30.4 Å². The number of nitrogens with zero attached hydrogens (tertiary/aromatic N) is 5. The van der Waals surface area contributed by atoms with Gasteiger partial charge in [-0.15, -0.1) is 10.2 Å². The Hall–Kier alpha value is -1.76. The van der Waals surface area contributed by atoms with Crippen molar-refractivity contribution in [1.82, 2.24) is 24.2 Å². The molecule has 6 nitrogen and oxygen atoms in total. The molecule has 2 atom stereocenters. The Morgan fingerprint density at radius 1 is 1.29 bits per heavy atom. The highest BCUT2D eigenvalue weighted by Gasteiger charge is 2.31. The first-order valence-electron chi connectivity index (χ1n) is 8.50. The van der Waals surface area contributed by atoms with Gasteiger partial charge in [0.15, 0.2) is 5.16 Å². The standard InChI is InChI=1S/C17H25N5OS/c1-13(24-17-19-18-12-21(17)3)16(23)22-11-6-4-5-8-15(22)14-9-7-10-20(14)2/h7,9-10,12-13,15H,4-6,8,11H2,1-3H3. The molecule has 0 N–H and O–H groups in total. The van der Waals surface area contributed by atoms with Crippen LogP contribution in [0.4, 0.5) is 0 Å². The van der Waals surface area contributed by atoms with Crippen LogP contribution < -0.4 is 0 Å². The summed E-state index contributed by atoms with van der Waals surface area (Å²) in [6.45, 7) is 2.80. The Morgan fingerprint density at radius 2 is 2.12 bits per heavy atom. The van der Waals surface area contributed by atoms with Crippen molar-refractivity contribution in [2.24, 2.45) is 14.1 Å². The van der Waals surface area contributed by atoms with Gasteiger partial charge >= 0.3 is 0 Å². The molecule has 1 aliphatic rings. The van der Waals surface area contributed by atoms with Crippen LogP contribution in [-0.2, 0) is 18.9 Å². The Bertz CT molecular complexity index is 695. The number of aryl methyl sites for hydroxylation is 2. The zero-order valence-electron chi connectivity index (χ0n) is 14.6. The van der Waals surface area contributed by atoms with E-state index in [-0.39, 0.29) is 17.2 Å². The van der Waals surface area contributed by atoms with Crippen molar-refractivity contribution < 1.29 is 4.79 Å². The topological polar surface area (TPSA) is 56.0 Å². The average molecular weight is 347 g/mol. The number of thioether (sulfide) groups is 1. The minimum Gasteiger partial charge on any atom is -0.353 e. The summed E-state index contributed by atoms with van der Waals surface area (Å²) in [5, 5.41) is 8.58. The quantitative estimate of drug-likeness (QED) is 0.798. The van der Waals surface area contributed by atoms with E-state index in [9.17, 15) is 4.79 Å². The van der Waals surface area contributed by atoms with E-state index in [2.05, 4.69) is 45.0 Å². The van der Waals surface area contributed by atoms with Crippen LogP contribution >= 0.6 is 11.8 Å². The van der Waals surface area contributed by atoms with Crippen molar-refractivity contribution >= 4 is 17.7 Å². The first-order valence-corrected chi connectivity index (χ1v) is 9.38. The van der Waals surface area contributed by atoms with E-state index in [1.807, 2.05) is 18.5 Å². The zero-order chi connectivity index (χ0) is 17.1. The van der Waals surface area contributed by atoms with Gasteiger partial charge < -0.3 is 14.0 Å². The van der Waals surface area contributed by atoms with Gasteiger partial charge in [0, 0.05) is 32.5 Å². The molecule has 3 heterocycles. The van der Waals surface area contributed by atoms with E-state index >= 15 is 0 Å². The second kappa shape index (κ2) is 7.42. The summed E-state index contributed by atoms with van der Waals surface area (Å²) in [7, 11) is 3.96. The molecule has 1 amide bonds. The Balaban J connectivity index is 1.79. The zero-order valence-corrected chi connectivity index (χ0v) is 15.4. The molecular weight excluding hydrogens is 322 g/mol. The van der Waals surface area contributed by atoms with Crippen LogP contribution in [0.15, 0.2) is 29.8 Å². The largest absolute Gasteiger partial charge is 0.353 e. The highest BCUT2D eigenvalue weighted by atomic mass is 32.2. The van der Waals surface area contributed by atoms with Crippen LogP contribution in [0.25, 0.3) is 0 Å². The lowest BCUT2D eigenvalue weighted by Crippen LogP contribution is -2.40. The summed E-state index contributed by atoms with van der Waals surface area (Å²) in [5.41, 5.74) is 1.22. The predicted octanol–water partition coefficient (Wildman–Crippen LogP) is 2.78. The van der Waals surface area contributed by atoms with Crippen molar-refractivity contribution in [3.8, 4) is 0 Å². The van der Waals surface area contributed by atoms with Gasteiger partial charge in [-0.2, -0.15) is 0 Å². The summed E-state index contributed by atoms with van der Waals surface area (Å²) >= 11 is 1.48. The van der Waals surface area contributed by atoms with Gasteiger partial charge in [-0.3, -0.25) is 4.79 Å². The molecule has 1 aliphatic heterocycles. The summed E-state index contributed by atoms with van der Waals surface area (Å²) in [6, 6.07) is 4.36. The molecule has 0 aliphatic carbocycles. The number of carbonyl (C=O) groups excluding carboxylic acids is 1. The first kappa shape index (κ1) is 17.1. The van der Waals surface area contributed by atoms with Gasteiger partial charge in [0.25, 0.3) is 0 Å². The Labute approximate surface area is 147 Å². The van der Waals surface area contributed by atoms with Crippen LogP contribution in [0, 0.1) is 0 Å². The third kappa shape index (κ3) is 3.50. The third-order valence-corrected chi connectivity index (χ3v) is 5.80. The Kier molecular flexibility index (Phi) is 5.28. The molecular formula is C17H25N5OS. The van der Waals surface area contributed by atoms with E-state index in [1.165, 1.54) is 30.3 Å². The second-order valence-electron chi connectivity index (χ2n) is 6.43. The van der Waals surface area contributed by atoms with Crippen LogP contribution in [-0.4, -0.2) is 41.9 Å². The van der Waals surface area contributed by atoms with Crippen LogP contribution in [0.3, 0.4) is 0 Å². The molecule has 0 spiro atoms. The molecule has 1 fully saturated rings. The minimum absolute atomic E-state index is 0.169. The van der Waals surface area contributed by atoms with Crippen molar-refractivity contribution in [3.63, 3.8) is 0 Å². The van der Waals surface area contributed by atoms with Gasteiger partial charge in [-0.25, -0.2) is 0 Å². The van der Waals surface area contributed by atoms with Gasteiger partial charge in [0.2, 0.25) is 5.91 Å². The molecule has 0 saturated carbocycles. The van der Waals surface area contributed by atoms with Crippen LogP contribution in [0.1, 0.15) is 44.3 Å². The lowest BCUT2D eigenvalue weighted by atomic mass is 10.1. The first-order chi connectivity index (χ1) is 11.6. The molecule has 7 heteroatoms. The summed E-state index contributed by atoms with van der Waals surface area (Å²) in [6.07, 6.45) is 8.19. The Morgan fingerprint density at radius 3 is 2.79 bits per heavy atom. The number of carbonyl (C=O) groups is 1. The number of likely N-dealkylation sites (tertiary alicyclic amines) is 1. The smallest absolute Gasteiger partial charge is 0.236 e. The predicted molar refractivity (Wildman–Crippen MR) is 94.7 cm³/mol. The number of hydrogen-bond acceptors (Lipinski definition) is 4. The number of amides is 1. The van der Waals surface area contributed by atoms with Crippen molar-refractivity contribution in [1.29, 1.82) is 0 Å². The summed E-state index contributed by atoms with van der Waals surface area (Å²) in [5.74, 6) is 0.191. The maximum Gasteiger partial charge on any atom is 0.236 e. The number of rotatable bonds is 4. The monoisotopic (exact) mass is 347 g/mol. The fourth-order valence-corrected chi connectivity index (χ4v) is 4.18. The molecule has 24 heavy (non-hydrogen) atoms. The maximum atomic E-state index is 13.1. The number of aromatic nitrogens is 4. The average Bonchev–Trinajstić information content (AvgIpc) is 3.08. The van der Waals surface area contributed by atoms with Crippen LogP contribution in [0.2, 0.25) is 0 Å². The molecule has 3 rings (SSSR count). The van der Waals surface area contributed by atoms with E-state index in [4.69, 9.17) is 0 Å². The van der Waals surface area contributed by atoms with Crippen molar-refractivity contribution in [2.45, 2.75) is 49.1 Å². The fourth-order valence-electron chi connectivity index (χ4n) is 3.32. The van der Waals surface area contributed by atoms with Gasteiger partial charge in [0.1, 0.15) is 6.33 Å². The number of hydrogen-bond donors (Lipinski definition) is 0. The highest BCUT2D eigenvalue weighted by molar-refractivity contribution is 8.00. The molecule has 130 valence electrons.